The van der Waals surface area contributed by atoms with Crippen LogP contribution in [0.3, 0.4) is 0 Å². The second kappa shape index (κ2) is 6.27. The van der Waals surface area contributed by atoms with Crippen molar-refractivity contribution in [3.05, 3.63) is 46.0 Å². The Morgan fingerprint density at radius 2 is 2.30 bits per heavy atom. The molecule has 0 bridgehead atoms. The lowest BCUT2D eigenvalue weighted by atomic mass is 10.3. The molecule has 0 amide bonds. The van der Waals surface area contributed by atoms with Gasteiger partial charge in [-0.3, -0.25) is 4.90 Å². The van der Waals surface area contributed by atoms with Crippen molar-refractivity contribution in [2.45, 2.75) is 32.0 Å². The van der Waals surface area contributed by atoms with E-state index in [1.54, 1.807) is 17.6 Å². The summed E-state index contributed by atoms with van der Waals surface area (Å²) < 4.78 is 5.46. The van der Waals surface area contributed by atoms with Crippen molar-refractivity contribution in [1.29, 1.82) is 0 Å². The minimum Gasteiger partial charge on any atom is -0.468 e. The summed E-state index contributed by atoms with van der Waals surface area (Å²) >= 11 is 1.77. The van der Waals surface area contributed by atoms with Crippen molar-refractivity contribution < 1.29 is 4.42 Å². The molecule has 1 fully saturated rings. The normalized spacial score (nSPS) is 14.3. The summed E-state index contributed by atoms with van der Waals surface area (Å²) in [6.45, 7) is 2.28. The molecule has 0 spiro atoms. The fraction of sp³-hybridized carbons (Fsp3) is 0.375. The average Bonchev–Trinajstić information content (AvgIpc) is 3.00. The maximum atomic E-state index is 5.46. The van der Waals surface area contributed by atoms with Crippen molar-refractivity contribution in [3.63, 3.8) is 0 Å². The summed E-state index contributed by atoms with van der Waals surface area (Å²) in [5, 5.41) is 2.11. The Morgan fingerprint density at radius 1 is 1.40 bits per heavy atom. The first kappa shape index (κ1) is 13.4. The van der Waals surface area contributed by atoms with Crippen molar-refractivity contribution in [2.24, 2.45) is 5.73 Å². The van der Waals surface area contributed by atoms with Crippen molar-refractivity contribution in [2.75, 3.05) is 6.54 Å². The summed E-state index contributed by atoms with van der Waals surface area (Å²) in [5.74, 6) is 7.02. The Kier molecular flexibility index (Phi) is 4.22. The van der Waals surface area contributed by atoms with E-state index in [1.807, 2.05) is 12.1 Å². The molecule has 0 radical (unpaired) electrons. The van der Waals surface area contributed by atoms with Crippen molar-refractivity contribution >= 4 is 11.3 Å². The summed E-state index contributed by atoms with van der Waals surface area (Å²) in [4.78, 5) is 3.84. The lowest BCUT2D eigenvalue weighted by Gasteiger charge is -2.19. The minimum atomic E-state index is 0.415. The van der Waals surface area contributed by atoms with Gasteiger partial charge in [0.05, 0.1) is 19.4 Å². The predicted molar refractivity (Wildman–Crippen MR) is 81.2 cm³/mol. The third-order valence-corrected chi connectivity index (χ3v) is 4.27. The highest BCUT2D eigenvalue weighted by Gasteiger charge is 2.29. The quantitative estimate of drug-likeness (QED) is 0.859. The molecular weight excluding hydrogens is 268 g/mol. The van der Waals surface area contributed by atoms with Gasteiger partial charge >= 0.3 is 0 Å². The molecule has 2 N–H and O–H groups in total. The Morgan fingerprint density at radius 3 is 3.00 bits per heavy atom. The minimum absolute atomic E-state index is 0.415. The molecule has 1 aliphatic rings. The van der Waals surface area contributed by atoms with Crippen LogP contribution >= 0.6 is 11.3 Å². The summed E-state index contributed by atoms with van der Waals surface area (Å²) in [6.07, 6.45) is 4.34. The highest BCUT2D eigenvalue weighted by Crippen LogP contribution is 2.31. The maximum absolute atomic E-state index is 5.46. The average molecular weight is 286 g/mol. The Bertz CT molecular complexity index is 602. The molecule has 2 aromatic heterocycles. The van der Waals surface area contributed by atoms with E-state index in [-0.39, 0.29) is 0 Å². The molecule has 2 heterocycles. The second-order valence-corrected chi connectivity index (χ2v) is 6.02. The third-order valence-electron chi connectivity index (χ3n) is 3.35. The van der Waals surface area contributed by atoms with Gasteiger partial charge in [-0.15, -0.1) is 11.3 Å². The molecular formula is C16H18N2OS. The van der Waals surface area contributed by atoms with Crippen LogP contribution in [0.4, 0.5) is 0 Å². The van der Waals surface area contributed by atoms with E-state index in [9.17, 15) is 0 Å². The second-order valence-electron chi connectivity index (χ2n) is 5.02. The van der Waals surface area contributed by atoms with Gasteiger partial charge < -0.3 is 10.2 Å². The Balaban J connectivity index is 1.65. The Labute approximate surface area is 123 Å². The molecule has 4 heteroatoms. The SMILES string of the molecule is NCC#Cc1csc(CN(Cc2ccco2)C2CC2)c1. The van der Waals surface area contributed by atoms with Crippen LogP contribution in [0.15, 0.2) is 34.3 Å². The first-order valence-electron chi connectivity index (χ1n) is 6.88. The lowest BCUT2D eigenvalue weighted by Crippen LogP contribution is -2.24. The molecule has 1 aliphatic carbocycles. The zero-order valence-corrected chi connectivity index (χ0v) is 12.2. The van der Waals surface area contributed by atoms with Crippen LogP contribution in [0.1, 0.15) is 29.0 Å². The molecule has 2 aromatic rings. The number of nitrogens with zero attached hydrogens (tertiary/aromatic N) is 1. The monoisotopic (exact) mass is 286 g/mol. The zero-order valence-electron chi connectivity index (χ0n) is 11.3. The largest absolute Gasteiger partial charge is 0.468 e. The molecule has 104 valence electrons. The molecule has 0 atom stereocenters. The third kappa shape index (κ3) is 3.51. The smallest absolute Gasteiger partial charge is 0.117 e. The van der Waals surface area contributed by atoms with Gasteiger partial charge in [0.2, 0.25) is 0 Å². The molecule has 0 saturated heterocycles. The van der Waals surface area contributed by atoms with Crippen molar-refractivity contribution in [1.82, 2.24) is 4.90 Å². The van der Waals surface area contributed by atoms with Gasteiger partial charge in [-0.25, -0.2) is 0 Å². The van der Waals surface area contributed by atoms with Gasteiger partial charge in [-0.2, -0.15) is 0 Å². The first-order chi connectivity index (χ1) is 9.85. The van der Waals surface area contributed by atoms with E-state index in [1.165, 1.54) is 17.7 Å². The molecule has 0 unspecified atom stereocenters. The highest BCUT2D eigenvalue weighted by molar-refractivity contribution is 7.10. The highest BCUT2D eigenvalue weighted by atomic mass is 32.1. The summed E-state index contributed by atoms with van der Waals surface area (Å²) in [6, 6.07) is 6.87. The van der Waals surface area contributed by atoms with Crippen LogP contribution in [-0.2, 0) is 13.1 Å². The lowest BCUT2D eigenvalue weighted by molar-refractivity contribution is 0.227. The van der Waals surface area contributed by atoms with E-state index in [0.717, 1.165) is 24.4 Å². The Hall–Kier alpha value is -1.54. The van der Waals surface area contributed by atoms with Gasteiger partial charge in [-0.05, 0) is 31.0 Å². The van der Waals surface area contributed by atoms with E-state index in [2.05, 4.69) is 28.2 Å². The summed E-state index contributed by atoms with van der Waals surface area (Å²) in [5.41, 5.74) is 6.47. The molecule has 3 nitrogen and oxygen atoms in total. The van der Waals surface area contributed by atoms with E-state index >= 15 is 0 Å². The predicted octanol–water partition coefficient (Wildman–Crippen LogP) is 2.82. The fourth-order valence-corrected chi connectivity index (χ4v) is 3.08. The molecule has 3 rings (SSSR count). The number of furan rings is 1. The van der Waals surface area contributed by atoms with E-state index in [4.69, 9.17) is 10.2 Å². The first-order valence-corrected chi connectivity index (χ1v) is 7.76. The van der Waals surface area contributed by atoms with Crippen LogP contribution in [0.2, 0.25) is 0 Å². The molecule has 20 heavy (non-hydrogen) atoms. The van der Waals surface area contributed by atoms with Gasteiger partial charge in [-0.1, -0.05) is 11.8 Å². The number of thiophene rings is 1. The van der Waals surface area contributed by atoms with Gasteiger partial charge in [0.15, 0.2) is 0 Å². The topological polar surface area (TPSA) is 42.4 Å². The number of hydrogen-bond donors (Lipinski definition) is 1. The number of nitrogens with two attached hydrogens (primary N) is 1. The number of rotatable bonds is 5. The fourth-order valence-electron chi connectivity index (χ4n) is 2.24. The van der Waals surface area contributed by atoms with Crippen LogP contribution in [-0.4, -0.2) is 17.5 Å². The van der Waals surface area contributed by atoms with Gasteiger partial charge in [0, 0.05) is 28.4 Å². The molecule has 1 saturated carbocycles. The maximum Gasteiger partial charge on any atom is 0.117 e. The van der Waals surface area contributed by atoms with Gasteiger partial charge in [0.25, 0.3) is 0 Å². The van der Waals surface area contributed by atoms with Crippen LogP contribution < -0.4 is 5.73 Å². The van der Waals surface area contributed by atoms with E-state index < -0.39 is 0 Å². The van der Waals surface area contributed by atoms with Crippen molar-refractivity contribution in [3.8, 4) is 11.8 Å². The molecule has 0 aliphatic heterocycles. The van der Waals surface area contributed by atoms with Gasteiger partial charge in [0.1, 0.15) is 5.76 Å². The zero-order chi connectivity index (χ0) is 13.8. The van der Waals surface area contributed by atoms with Crippen LogP contribution in [0, 0.1) is 11.8 Å². The molecule has 0 aromatic carbocycles. The summed E-state index contributed by atoms with van der Waals surface area (Å²) in [7, 11) is 0. The van der Waals surface area contributed by atoms with Crippen LogP contribution in [0.5, 0.6) is 0 Å². The van der Waals surface area contributed by atoms with E-state index in [0.29, 0.717) is 12.6 Å². The number of hydrogen-bond acceptors (Lipinski definition) is 4. The van der Waals surface area contributed by atoms with Crippen LogP contribution in [0.25, 0.3) is 0 Å². The standard InChI is InChI=1S/C16H18N2OS/c17-7-1-3-13-9-16(20-12-13)11-18(14-5-6-14)10-15-4-2-8-19-15/h2,4,8-9,12,14H,5-7,10-11,17H2.